The summed E-state index contributed by atoms with van der Waals surface area (Å²) in [6.45, 7) is 6.75. The molecule has 184 valence electrons. The van der Waals surface area contributed by atoms with Crippen LogP contribution in [0.5, 0.6) is 0 Å². The predicted octanol–water partition coefficient (Wildman–Crippen LogP) is 8.25. The highest BCUT2D eigenvalue weighted by molar-refractivity contribution is 5.44. The molecule has 0 unspecified atom stereocenters. The van der Waals surface area contributed by atoms with E-state index in [1.807, 2.05) is 38.1 Å². The second-order valence-electron chi connectivity index (χ2n) is 9.51. The van der Waals surface area contributed by atoms with Crippen LogP contribution >= 0.6 is 0 Å². The second kappa shape index (κ2) is 12.1. The van der Waals surface area contributed by atoms with Gasteiger partial charge in [0.05, 0.1) is 5.56 Å². The number of unbranched alkanes of at least 4 members (excludes halogenated alkanes) is 3. The van der Waals surface area contributed by atoms with Crippen molar-refractivity contribution in [3.05, 3.63) is 106 Å². The van der Waals surface area contributed by atoms with E-state index in [-0.39, 0.29) is 0 Å². The molecular formula is C31H34F3N. The van der Waals surface area contributed by atoms with E-state index in [2.05, 4.69) is 48.3 Å². The Morgan fingerprint density at radius 1 is 0.657 bits per heavy atom. The first kappa shape index (κ1) is 26.6. The average molecular weight is 478 g/mol. The summed E-state index contributed by atoms with van der Waals surface area (Å²) in [5.41, 5.74) is 4.11. The highest BCUT2D eigenvalue weighted by Crippen LogP contribution is 2.31. The molecule has 0 fully saturated rings. The first-order valence-electron chi connectivity index (χ1n) is 12.3. The van der Waals surface area contributed by atoms with Gasteiger partial charge in [0.1, 0.15) is 0 Å². The van der Waals surface area contributed by atoms with Crippen LogP contribution in [0.15, 0.2) is 72.8 Å². The number of alkyl halides is 3. The molecule has 0 aliphatic rings. The first-order chi connectivity index (χ1) is 16.7. The molecule has 3 aromatic rings. The Kier molecular flexibility index (Phi) is 9.18. The van der Waals surface area contributed by atoms with Gasteiger partial charge in [-0.2, -0.15) is 13.2 Å². The molecule has 0 amide bonds. The zero-order valence-corrected chi connectivity index (χ0v) is 20.8. The third kappa shape index (κ3) is 8.30. The second-order valence-corrected chi connectivity index (χ2v) is 9.51. The Bertz CT molecular complexity index is 1110. The lowest BCUT2D eigenvalue weighted by Gasteiger charge is -2.27. The molecule has 1 nitrogen and oxygen atoms in total. The molecule has 3 rings (SSSR count). The van der Waals surface area contributed by atoms with Gasteiger partial charge in [0.25, 0.3) is 0 Å². The summed E-state index contributed by atoms with van der Waals surface area (Å²) >= 11 is 0. The number of aryl methyl sites for hydroxylation is 1. The standard InChI is InChI=1S/C31H34F3N/c1-4-5-6-7-8-24-9-11-25(12-10-24)13-14-26-15-17-27(18-16-26)23-35-30(2,3)28-19-21-29(22-20-28)31(32,33)34/h9-12,15-22,35H,4-8,23H2,1-3H3. The molecule has 0 atom stereocenters. The van der Waals surface area contributed by atoms with E-state index in [9.17, 15) is 13.2 Å². The predicted molar refractivity (Wildman–Crippen MR) is 138 cm³/mol. The van der Waals surface area contributed by atoms with Crippen molar-refractivity contribution in [2.45, 2.75) is 71.1 Å². The number of benzene rings is 3. The van der Waals surface area contributed by atoms with Crippen molar-refractivity contribution in [2.75, 3.05) is 0 Å². The van der Waals surface area contributed by atoms with E-state index in [1.54, 1.807) is 0 Å². The molecule has 0 radical (unpaired) electrons. The van der Waals surface area contributed by atoms with Crippen molar-refractivity contribution in [2.24, 2.45) is 0 Å². The van der Waals surface area contributed by atoms with Crippen molar-refractivity contribution in [3.63, 3.8) is 0 Å². The maximum Gasteiger partial charge on any atom is 0.416 e. The number of rotatable bonds is 9. The Labute approximate surface area is 207 Å². The molecular weight excluding hydrogens is 443 g/mol. The summed E-state index contributed by atoms with van der Waals surface area (Å²) in [7, 11) is 0. The zero-order chi connectivity index (χ0) is 25.3. The fourth-order valence-corrected chi connectivity index (χ4v) is 3.86. The van der Waals surface area contributed by atoms with Gasteiger partial charge in [-0.05, 0) is 79.8 Å². The van der Waals surface area contributed by atoms with E-state index in [0.29, 0.717) is 6.54 Å². The Balaban J connectivity index is 1.53. The Morgan fingerprint density at radius 2 is 1.17 bits per heavy atom. The zero-order valence-electron chi connectivity index (χ0n) is 20.8. The highest BCUT2D eigenvalue weighted by Gasteiger charge is 2.31. The lowest BCUT2D eigenvalue weighted by Crippen LogP contribution is -2.36. The number of hydrogen-bond donors (Lipinski definition) is 1. The summed E-state index contributed by atoms with van der Waals surface area (Å²) in [6.07, 6.45) is 1.89. The maximum absolute atomic E-state index is 12.8. The molecule has 4 heteroatoms. The Morgan fingerprint density at radius 3 is 1.69 bits per heavy atom. The summed E-state index contributed by atoms with van der Waals surface area (Å²) in [4.78, 5) is 0. The van der Waals surface area contributed by atoms with Crippen LogP contribution in [-0.2, 0) is 24.7 Å². The van der Waals surface area contributed by atoms with E-state index in [0.717, 1.165) is 40.8 Å². The SMILES string of the molecule is CCCCCCc1ccc(C#Cc2ccc(CNC(C)(C)c3ccc(C(F)(F)F)cc3)cc2)cc1. The molecule has 1 N–H and O–H groups in total. The minimum atomic E-state index is -4.32. The van der Waals surface area contributed by atoms with Crippen molar-refractivity contribution in [3.8, 4) is 11.8 Å². The molecule has 3 aromatic carbocycles. The van der Waals surface area contributed by atoms with Crippen LogP contribution < -0.4 is 5.32 Å². The van der Waals surface area contributed by atoms with Crippen molar-refractivity contribution in [1.29, 1.82) is 0 Å². The quantitative estimate of drug-likeness (QED) is 0.242. The molecule has 0 aliphatic heterocycles. The van der Waals surface area contributed by atoms with Crippen LogP contribution in [-0.4, -0.2) is 0 Å². The molecule has 0 aromatic heterocycles. The lowest BCUT2D eigenvalue weighted by molar-refractivity contribution is -0.137. The molecule has 0 spiro atoms. The molecule has 0 aliphatic carbocycles. The molecule has 35 heavy (non-hydrogen) atoms. The number of hydrogen-bond acceptors (Lipinski definition) is 1. The van der Waals surface area contributed by atoms with Gasteiger partial charge in [-0.3, -0.25) is 0 Å². The average Bonchev–Trinajstić information content (AvgIpc) is 2.85. The third-order valence-corrected chi connectivity index (χ3v) is 6.25. The van der Waals surface area contributed by atoms with Crippen molar-refractivity contribution >= 4 is 0 Å². The van der Waals surface area contributed by atoms with Crippen LogP contribution in [0.2, 0.25) is 0 Å². The summed E-state index contributed by atoms with van der Waals surface area (Å²) in [6, 6.07) is 21.9. The Hall–Kier alpha value is -3.03. The third-order valence-electron chi connectivity index (χ3n) is 6.25. The van der Waals surface area contributed by atoms with Gasteiger partial charge in [0.15, 0.2) is 0 Å². The van der Waals surface area contributed by atoms with Gasteiger partial charge in [-0.1, -0.05) is 74.4 Å². The molecule has 0 saturated heterocycles. The number of halogens is 3. The van der Waals surface area contributed by atoms with Gasteiger partial charge in [0.2, 0.25) is 0 Å². The van der Waals surface area contributed by atoms with Crippen LogP contribution in [0.4, 0.5) is 13.2 Å². The number of nitrogens with one attached hydrogen (secondary N) is 1. The smallest absolute Gasteiger partial charge is 0.304 e. The normalized spacial score (nSPS) is 11.7. The van der Waals surface area contributed by atoms with Gasteiger partial charge < -0.3 is 5.32 Å². The monoisotopic (exact) mass is 477 g/mol. The van der Waals surface area contributed by atoms with Crippen LogP contribution in [0, 0.1) is 11.8 Å². The summed E-state index contributed by atoms with van der Waals surface area (Å²) in [5, 5.41) is 3.44. The molecule has 0 heterocycles. The van der Waals surface area contributed by atoms with Gasteiger partial charge in [-0.25, -0.2) is 0 Å². The van der Waals surface area contributed by atoms with E-state index in [1.165, 1.54) is 43.4 Å². The topological polar surface area (TPSA) is 12.0 Å². The van der Waals surface area contributed by atoms with Crippen molar-refractivity contribution < 1.29 is 13.2 Å². The minimum absolute atomic E-state index is 0.467. The lowest BCUT2D eigenvalue weighted by atomic mass is 9.93. The summed E-state index contributed by atoms with van der Waals surface area (Å²) < 4.78 is 38.5. The summed E-state index contributed by atoms with van der Waals surface area (Å²) in [5.74, 6) is 6.45. The van der Waals surface area contributed by atoms with E-state index in [4.69, 9.17) is 0 Å². The van der Waals surface area contributed by atoms with Crippen LogP contribution in [0.25, 0.3) is 0 Å². The van der Waals surface area contributed by atoms with E-state index >= 15 is 0 Å². The fourth-order valence-electron chi connectivity index (χ4n) is 3.86. The van der Waals surface area contributed by atoms with Gasteiger partial charge >= 0.3 is 6.18 Å². The van der Waals surface area contributed by atoms with E-state index < -0.39 is 17.3 Å². The first-order valence-corrected chi connectivity index (χ1v) is 12.3. The highest BCUT2D eigenvalue weighted by atomic mass is 19.4. The molecule has 0 saturated carbocycles. The van der Waals surface area contributed by atoms with Crippen molar-refractivity contribution in [1.82, 2.24) is 5.32 Å². The molecule has 0 bridgehead atoms. The maximum atomic E-state index is 12.8. The largest absolute Gasteiger partial charge is 0.416 e. The van der Waals surface area contributed by atoms with Gasteiger partial charge in [-0.15, -0.1) is 0 Å². The van der Waals surface area contributed by atoms with Crippen LogP contribution in [0.3, 0.4) is 0 Å². The fraction of sp³-hybridized carbons (Fsp3) is 0.355. The van der Waals surface area contributed by atoms with Gasteiger partial charge in [0, 0.05) is 23.2 Å². The minimum Gasteiger partial charge on any atom is -0.304 e. The van der Waals surface area contributed by atoms with Crippen LogP contribution in [0.1, 0.15) is 79.8 Å².